The first-order valence-corrected chi connectivity index (χ1v) is 12.8. The Morgan fingerprint density at radius 2 is 2.00 bits per heavy atom. The molecule has 1 saturated heterocycles. The molecule has 12 heteroatoms. The van der Waals surface area contributed by atoms with E-state index in [1.54, 1.807) is 36.1 Å². The first kappa shape index (κ1) is 26.8. The molecule has 0 saturated carbocycles. The van der Waals surface area contributed by atoms with Gasteiger partial charge < -0.3 is 10.7 Å². The molecule has 0 radical (unpaired) electrons. The van der Waals surface area contributed by atoms with Crippen molar-refractivity contribution in [3.63, 3.8) is 0 Å². The number of fused-ring (bicyclic) bond motifs is 1. The molecule has 3 aromatic rings. The molecule has 1 aliphatic heterocycles. The molecule has 5 rings (SSSR count). The number of ketones is 1. The Hall–Kier alpha value is -3.77. The number of nitrogens with one attached hydrogen (secondary N) is 2. The summed E-state index contributed by atoms with van der Waals surface area (Å²) in [7, 11) is 1.80. The van der Waals surface area contributed by atoms with Crippen molar-refractivity contribution in [3.05, 3.63) is 95.0 Å². The summed E-state index contributed by atoms with van der Waals surface area (Å²) >= 11 is 1.42. The number of carbonyl (C=O) groups excluding carboxylic acids is 1. The van der Waals surface area contributed by atoms with Crippen molar-refractivity contribution in [1.82, 2.24) is 19.1 Å². The third-order valence-corrected chi connectivity index (χ3v) is 7.81. The number of rotatable bonds is 7. The zero-order chi connectivity index (χ0) is 27.8. The van der Waals surface area contributed by atoms with Crippen LogP contribution in [0.5, 0.6) is 0 Å². The number of carbonyl (C=O) groups is 1. The van der Waals surface area contributed by atoms with Crippen molar-refractivity contribution in [2.45, 2.75) is 23.9 Å². The highest BCUT2D eigenvalue weighted by Gasteiger charge is 2.49. The Morgan fingerprint density at radius 1 is 1.23 bits per heavy atom. The van der Waals surface area contributed by atoms with E-state index in [0.29, 0.717) is 29.9 Å². The largest absolute Gasteiger partial charge is 0.416 e. The summed E-state index contributed by atoms with van der Waals surface area (Å²) in [5.41, 5.74) is -0.0286. The van der Waals surface area contributed by atoms with Gasteiger partial charge in [-0.3, -0.25) is 14.5 Å². The molecule has 202 valence electrons. The molecule has 2 aliphatic rings. The van der Waals surface area contributed by atoms with Gasteiger partial charge in [-0.05, 0) is 72.8 Å². The van der Waals surface area contributed by atoms with Crippen LogP contribution >= 0.6 is 11.9 Å². The van der Waals surface area contributed by atoms with E-state index >= 15 is 0 Å². The van der Waals surface area contributed by atoms with E-state index in [2.05, 4.69) is 15.4 Å². The summed E-state index contributed by atoms with van der Waals surface area (Å²) in [6.45, 7) is 0.788. The van der Waals surface area contributed by atoms with Gasteiger partial charge in [-0.2, -0.15) is 18.3 Å². The number of nitrogens with zero attached hydrogens (tertiary/aromatic N) is 4. The fraction of sp³-hybridized carbons (Fsp3) is 0.259. The van der Waals surface area contributed by atoms with Gasteiger partial charge in [-0.15, -0.1) is 0 Å². The maximum Gasteiger partial charge on any atom is 0.416 e. The number of hydrogen-bond donors (Lipinski definition) is 2. The smallest absolute Gasteiger partial charge is 0.355 e. The first-order chi connectivity index (χ1) is 18.6. The van der Waals surface area contributed by atoms with Crippen molar-refractivity contribution in [3.8, 4) is 0 Å². The minimum atomic E-state index is -4.62. The quantitative estimate of drug-likeness (QED) is 0.163. The maximum atomic E-state index is 14.1. The number of pyridine rings is 1. The van der Waals surface area contributed by atoms with E-state index in [0.717, 1.165) is 35.0 Å². The summed E-state index contributed by atoms with van der Waals surface area (Å²) < 4.78 is 57.5. The molecular formula is C27H24F4N6OS. The number of halogens is 4. The SMILES string of the molecule is Cn1cc(SN2CCC3=CC(Nc4ccc(F)cc4)=C(C=N)CC3(C(=O)c3cc(C(F)(F)F)ccn3)C2)cn1. The highest BCUT2D eigenvalue weighted by molar-refractivity contribution is 7.97. The zero-order valence-corrected chi connectivity index (χ0v) is 21.6. The van der Waals surface area contributed by atoms with Crippen LogP contribution in [0.15, 0.2) is 82.8 Å². The van der Waals surface area contributed by atoms with Crippen LogP contribution in [-0.4, -0.2) is 44.2 Å². The average Bonchev–Trinajstić information content (AvgIpc) is 3.33. The van der Waals surface area contributed by atoms with Gasteiger partial charge in [0.1, 0.15) is 11.5 Å². The van der Waals surface area contributed by atoms with Gasteiger partial charge in [-0.25, -0.2) is 8.70 Å². The highest BCUT2D eigenvalue weighted by Crippen LogP contribution is 2.49. The van der Waals surface area contributed by atoms with E-state index in [1.807, 2.05) is 10.5 Å². The van der Waals surface area contributed by atoms with Crippen LogP contribution < -0.4 is 5.32 Å². The van der Waals surface area contributed by atoms with Gasteiger partial charge in [0.25, 0.3) is 0 Å². The minimum Gasteiger partial charge on any atom is -0.355 e. The van der Waals surface area contributed by atoms with Gasteiger partial charge in [0.05, 0.1) is 22.1 Å². The number of piperidine rings is 1. The molecule has 1 aromatic carbocycles. The fourth-order valence-corrected chi connectivity index (χ4v) is 5.97. The second-order valence-corrected chi connectivity index (χ2v) is 10.6. The molecule has 1 aliphatic carbocycles. The zero-order valence-electron chi connectivity index (χ0n) is 20.8. The Labute approximate surface area is 226 Å². The molecule has 0 bridgehead atoms. The van der Waals surface area contributed by atoms with Crippen molar-refractivity contribution in [2.24, 2.45) is 12.5 Å². The van der Waals surface area contributed by atoms with Crippen molar-refractivity contribution in [1.29, 1.82) is 5.41 Å². The predicted molar refractivity (Wildman–Crippen MR) is 140 cm³/mol. The van der Waals surface area contributed by atoms with Crippen LogP contribution in [-0.2, 0) is 13.2 Å². The molecule has 0 amide bonds. The molecular weight excluding hydrogens is 532 g/mol. The molecule has 7 nitrogen and oxygen atoms in total. The van der Waals surface area contributed by atoms with Crippen LogP contribution in [0.2, 0.25) is 0 Å². The predicted octanol–water partition coefficient (Wildman–Crippen LogP) is 5.90. The van der Waals surface area contributed by atoms with Crippen molar-refractivity contribution in [2.75, 3.05) is 18.4 Å². The second kappa shape index (κ2) is 10.4. The number of anilines is 1. The lowest BCUT2D eigenvalue weighted by molar-refractivity contribution is -0.137. The van der Waals surface area contributed by atoms with Crippen LogP contribution in [0.1, 0.15) is 28.9 Å². The van der Waals surface area contributed by atoms with E-state index in [4.69, 9.17) is 5.41 Å². The molecule has 1 fully saturated rings. The molecule has 2 aromatic heterocycles. The number of alkyl halides is 3. The average molecular weight is 557 g/mol. The number of hydrogen-bond acceptors (Lipinski definition) is 7. The summed E-state index contributed by atoms with van der Waals surface area (Å²) in [5, 5.41) is 15.5. The van der Waals surface area contributed by atoms with Crippen LogP contribution in [0, 0.1) is 16.6 Å². The lowest BCUT2D eigenvalue weighted by Crippen LogP contribution is -2.49. The van der Waals surface area contributed by atoms with Crippen LogP contribution in [0.25, 0.3) is 0 Å². The van der Waals surface area contributed by atoms with Gasteiger partial charge in [0, 0.05) is 50.1 Å². The molecule has 3 heterocycles. The Kier molecular flexibility index (Phi) is 7.17. The molecule has 1 atom stereocenters. The van der Waals surface area contributed by atoms with E-state index < -0.39 is 22.9 Å². The molecule has 2 N–H and O–H groups in total. The number of aryl methyl sites for hydroxylation is 1. The Balaban J connectivity index is 1.54. The number of aromatic nitrogens is 3. The van der Waals surface area contributed by atoms with Gasteiger partial charge >= 0.3 is 6.18 Å². The first-order valence-electron chi connectivity index (χ1n) is 12.0. The second-order valence-electron chi connectivity index (χ2n) is 9.45. The maximum absolute atomic E-state index is 14.1. The third-order valence-electron chi connectivity index (χ3n) is 6.82. The van der Waals surface area contributed by atoms with E-state index in [-0.39, 0.29) is 24.5 Å². The third kappa shape index (κ3) is 5.52. The lowest BCUT2D eigenvalue weighted by Gasteiger charge is -2.45. The van der Waals surface area contributed by atoms with Crippen LogP contribution in [0.3, 0.4) is 0 Å². The summed E-state index contributed by atoms with van der Waals surface area (Å²) in [5.74, 6) is -0.919. The topological polar surface area (TPSA) is 86.9 Å². The summed E-state index contributed by atoms with van der Waals surface area (Å²) in [6.07, 6.45) is 3.41. The number of benzene rings is 1. The van der Waals surface area contributed by atoms with Gasteiger partial charge in [-0.1, -0.05) is 5.57 Å². The summed E-state index contributed by atoms with van der Waals surface area (Å²) in [6, 6.07) is 7.38. The molecule has 0 spiro atoms. The molecule has 1 unspecified atom stereocenters. The number of allylic oxidation sites excluding steroid dienone is 2. The summed E-state index contributed by atoms with van der Waals surface area (Å²) in [4.78, 5) is 19.0. The fourth-order valence-electron chi connectivity index (χ4n) is 4.91. The Morgan fingerprint density at radius 3 is 2.67 bits per heavy atom. The Bertz CT molecular complexity index is 1480. The highest BCUT2D eigenvalue weighted by atomic mass is 32.2. The van der Waals surface area contributed by atoms with E-state index in [9.17, 15) is 22.4 Å². The van der Waals surface area contributed by atoms with E-state index in [1.165, 1.54) is 24.1 Å². The monoisotopic (exact) mass is 556 g/mol. The minimum absolute atomic E-state index is 0.0900. The van der Waals surface area contributed by atoms with Crippen molar-refractivity contribution >= 4 is 29.6 Å². The van der Waals surface area contributed by atoms with Gasteiger partial charge in [0.15, 0.2) is 5.78 Å². The lowest BCUT2D eigenvalue weighted by atomic mass is 9.65. The standard InChI is InChI=1S/C27H24F4N6OS/c1-36-15-22(14-34-36)39-37-9-7-18-10-23(35-21-4-2-20(28)3-5-21)17(13-32)12-26(18,16-37)25(38)24-11-19(6-8-33-24)27(29,30)31/h2-6,8,10-11,13-15,32,35H,7,9,12,16H2,1H3. The van der Waals surface area contributed by atoms with Crippen LogP contribution in [0.4, 0.5) is 23.2 Å². The number of Topliss-reactive ketones (excluding diaryl/α,β-unsaturated/α-hetero) is 1. The normalized spacial score (nSPS) is 19.9. The van der Waals surface area contributed by atoms with Crippen molar-refractivity contribution < 1.29 is 22.4 Å². The molecule has 39 heavy (non-hydrogen) atoms. The van der Waals surface area contributed by atoms with Gasteiger partial charge in [0.2, 0.25) is 0 Å².